The number of fused-ring (bicyclic) bond motifs is 3. The maximum Gasteiger partial charge on any atom is 0.255 e. The lowest BCUT2D eigenvalue weighted by atomic mass is 10.00. The highest BCUT2D eigenvalue weighted by molar-refractivity contribution is 5.94. The molecular formula is C15H17N5O3. The van der Waals surface area contributed by atoms with Crippen LogP contribution in [0.4, 0.5) is 0 Å². The van der Waals surface area contributed by atoms with Gasteiger partial charge in [0.2, 0.25) is 5.56 Å². The first kappa shape index (κ1) is 14.1. The molecule has 0 spiro atoms. The van der Waals surface area contributed by atoms with Crippen molar-refractivity contribution in [3.8, 4) is 0 Å². The van der Waals surface area contributed by atoms with Gasteiger partial charge < -0.3 is 14.2 Å². The Bertz CT molecular complexity index is 811. The zero-order valence-corrected chi connectivity index (χ0v) is 12.8. The van der Waals surface area contributed by atoms with Crippen LogP contribution in [0.2, 0.25) is 0 Å². The molecule has 1 amide bonds. The van der Waals surface area contributed by atoms with Gasteiger partial charge in [-0.15, -0.1) is 5.10 Å². The van der Waals surface area contributed by atoms with Crippen molar-refractivity contribution in [3.05, 3.63) is 46.1 Å². The van der Waals surface area contributed by atoms with Crippen molar-refractivity contribution in [2.75, 3.05) is 13.1 Å². The van der Waals surface area contributed by atoms with E-state index in [1.807, 2.05) is 4.68 Å². The molecule has 2 aromatic rings. The van der Waals surface area contributed by atoms with Gasteiger partial charge in [0.15, 0.2) is 0 Å². The molecule has 0 aromatic carbocycles. The van der Waals surface area contributed by atoms with E-state index in [-0.39, 0.29) is 23.6 Å². The van der Waals surface area contributed by atoms with Gasteiger partial charge >= 0.3 is 0 Å². The molecule has 2 aliphatic heterocycles. The molecule has 8 heteroatoms. The van der Waals surface area contributed by atoms with Gasteiger partial charge in [-0.1, -0.05) is 5.21 Å². The summed E-state index contributed by atoms with van der Waals surface area (Å²) in [6.07, 6.45) is 4.11. The number of hydrogen-bond acceptors (Lipinski definition) is 5. The molecule has 0 N–H and O–H groups in total. The first-order valence-corrected chi connectivity index (χ1v) is 7.60. The monoisotopic (exact) mass is 315 g/mol. The Morgan fingerprint density at radius 3 is 3.09 bits per heavy atom. The number of piperidine rings is 1. The zero-order chi connectivity index (χ0) is 16.0. The predicted octanol–water partition coefficient (Wildman–Crippen LogP) is -0.0372. The Hall–Kier alpha value is -2.48. The van der Waals surface area contributed by atoms with Crippen LogP contribution in [0, 0.1) is 0 Å². The van der Waals surface area contributed by atoms with Gasteiger partial charge in [-0.2, -0.15) is 0 Å². The highest BCUT2D eigenvalue weighted by Gasteiger charge is 2.38. The van der Waals surface area contributed by atoms with Gasteiger partial charge in [-0.25, -0.2) is 4.68 Å². The van der Waals surface area contributed by atoms with Crippen molar-refractivity contribution in [2.24, 2.45) is 7.05 Å². The summed E-state index contributed by atoms with van der Waals surface area (Å²) >= 11 is 0. The summed E-state index contributed by atoms with van der Waals surface area (Å²) in [5, 5.41) is 8.07. The third-order valence-electron chi connectivity index (χ3n) is 4.55. The van der Waals surface area contributed by atoms with Crippen LogP contribution in [0.5, 0.6) is 0 Å². The SMILES string of the molecule is Cn1cc(C(=O)N2CC[C@@H]3OCc4cnnn4[C@@H]3C2)ccc1=O. The van der Waals surface area contributed by atoms with Gasteiger partial charge in [0.25, 0.3) is 5.91 Å². The van der Waals surface area contributed by atoms with Crippen molar-refractivity contribution in [2.45, 2.75) is 25.2 Å². The Morgan fingerprint density at radius 1 is 1.39 bits per heavy atom. The molecule has 0 unspecified atom stereocenters. The van der Waals surface area contributed by atoms with Gasteiger partial charge in [0, 0.05) is 32.4 Å². The number of rotatable bonds is 1. The van der Waals surface area contributed by atoms with E-state index in [1.54, 1.807) is 30.4 Å². The molecule has 1 saturated heterocycles. The number of aromatic nitrogens is 4. The van der Waals surface area contributed by atoms with Gasteiger partial charge in [0.05, 0.1) is 36.2 Å². The van der Waals surface area contributed by atoms with Crippen molar-refractivity contribution < 1.29 is 9.53 Å². The number of amides is 1. The maximum absolute atomic E-state index is 12.7. The number of pyridine rings is 1. The number of likely N-dealkylation sites (tertiary alicyclic amines) is 1. The Labute approximate surface area is 132 Å². The van der Waals surface area contributed by atoms with E-state index in [0.717, 1.165) is 12.1 Å². The van der Waals surface area contributed by atoms with Crippen LogP contribution in [0.1, 0.15) is 28.5 Å². The van der Waals surface area contributed by atoms with E-state index in [9.17, 15) is 9.59 Å². The van der Waals surface area contributed by atoms with Crippen molar-refractivity contribution >= 4 is 5.91 Å². The summed E-state index contributed by atoms with van der Waals surface area (Å²) in [6, 6.07) is 2.99. The fraction of sp³-hybridized carbons (Fsp3) is 0.467. The number of hydrogen-bond donors (Lipinski definition) is 0. The lowest BCUT2D eigenvalue weighted by Gasteiger charge is -2.41. The molecule has 2 aromatic heterocycles. The van der Waals surface area contributed by atoms with Crippen LogP contribution in [0.3, 0.4) is 0 Å². The van der Waals surface area contributed by atoms with Crippen LogP contribution < -0.4 is 5.56 Å². The lowest BCUT2D eigenvalue weighted by Crippen LogP contribution is -2.50. The highest BCUT2D eigenvalue weighted by atomic mass is 16.5. The molecule has 0 saturated carbocycles. The molecule has 1 fully saturated rings. The number of carbonyl (C=O) groups excluding carboxylic acids is 1. The van der Waals surface area contributed by atoms with Gasteiger partial charge in [-0.05, 0) is 12.5 Å². The summed E-state index contributed by atoms with van der Waals surface area (Å²) in [7, 11) is 1.64. The van der Waals surface area contributed by atoms with E-state index in [1.165, 1.54) is 10.6 Å². The first-order valence-electron chi connectivity index (χ1n) is 7.60. The van der Waals surface area contributed by atoms with E-state index in [0.29, 0.717) is 25.3 Å². The smallest absolute Gasteiger partial charge is 0.255 e. The molecule has 4 heterocycles. The minimum absolute atomic E-state index is 0.00789. The normalized spacial score (nSPS) is 23.3. The van der Waals surface area contributed by atoms with Crippen molar-refractivity contribution in [3.63, 3.8) is 0 Å². The molecule has 2 aliphatic rings. The summed E-state index contributed by atoms with van der Waals surface area (Å²) in [6.45, 7) is 1.68. The lowest BCUT2D eigenvalue weighted by molar-refractivity contribution is -0.0605. The molecule has 8 nitrogen and oxygen atoms in total. The molecule has 120 valence electrons. The van der Waals surface area contributed by atoms with Gasteiger partial charge in [0.1, 0.15) is 0 Å². The third-order valence-corrected chi connectivity index (χ3v) is 4.55. The average molecular weight is 315 g/mol. The fourth-order valence-electron chi connectivity index (χ4n) is 3.27. The summed E-state index contributed by atoms with van der Waals surface area (Å²) in [5.41, 5.74) is 1.32. The average Bonchev–Trinajstić information content (AvgIpc) is 3.05. The molecule has 23 heavy (non-hydrogen) atoms. The molecular weight excluding hydrogens is 298 g/mol. The largest absolute Gasteiger partial charge is 0.370 e. The van der Waals surface area contributed by atoms with Crippen LogP contribution in [-0.4, -0.2) is 49.6 Å². The maximum atomic E-state index is 12.7. The van der Waals surface area contributed by atoms with E-state index >= 15 is 0 Å². The summed E-state index contributed by atoms with van der Waals surface area (Å²) < 4.78 is 9.14. The Morgan fingerprint density at radius 2 is 2.26 bits per heavy atom. The Balaban J connectivity index is 1.58. The number of aryl methyl sites for hydroxylation is 1. The summed E-state index contributed by atoms with van der Waals surface area (Å²) in [5.74, 6) is -0.0775. The van der Waals surface area contributed by atoms with Crippen LogP contribution in [-0.2, 0) is 18.4 Å². The van der Waals surface area contributed by atoms with E-state index in [2.05, 4.69) is 10.3 Å². The molecule has 4 rings (SSSR count). The third kappa shape index (κ3) is 2.35. The quantitative estimate of drug-likeness (QED) is 0.738. The molecule has 2 atom stereocenters. The summed E-state index contributed by atoms with van der Waals surface area (Å²) in [4.78, 5) is 26.0. The molecule has 0 bridgehead atoms. The minimum Gasteiger partial charge on any atom is -0.370 e. The number of carbonyl (C=O) groups is 1. The van der Waals surface area contributed by atoms with Crippen LogP contribution in [0.25, 0.3) is 0 Å². The second kappa shape index (κ2) is 5.31. The number of nitrogens with zero attached hydrogens (tertiary/aromatic N) is 5. The standard InChI is InChI=1S/C15H17N5O3/c1-18-7-10(2-3-14(18)21)15(22)19-5-4-13-12(8-19)20-11(9-23-13)6-16-17-20/h2-3,6-7,12-13H,4-5,8-9H2,1H3/t12-,13+/m1/s1. The Kier molecular flexibility index (Phi) is 3.26. The highest BCUT2D eigenvalue weighted by Crippen LogP contribution is 2.30. The predicted molar refractivity (Wildman–Crippen MR) is 79.8 cm³/mol. The molecule has 0 radical (unpaired) electrons. The van der Waals surface area contributed by atoms with Crippen molar-refractivity contribution in [1.82, 2.24) is 24.5 Å². The fourth-order valence-corrected chi connectivity index (χ4v) is 3.27. The van der Waals surface area contributed by atoms with Gasteiger partial charge in [-0.3, -0.25) is 9.59 Å². The number of ether oxygens (including phenoxy) is 1. The second-order valence-electron chi connectivity index (χ2n) is 5.99. The second-order valence-corrected chi connectivity index (χ2v) is 5.99. The zero-order valence-electron chi connectivity index (χ0n) is 12.8. The first-order chi connectivity index (χ1) is 11.1. The minimum atomic E-state index is -0.131. The van der Waals surface area contributed by atoms with Crippen molar-refractivity contribution in [1.29, 1.82) is 0 Å². The van der Waals surface area contributed by atoms with E-state index in [4.69, 9.17) is 4.74 Å². The van der Waals surface area contributed by atoms with E-state index < -0.39 is 0 Å². The molecule has 0 aliphatic carbocycles. The van der Waals surface area contributed by atoms with Crippen LogP contribution >= 0.6 is 0 Å². The topological polar surface area (TPSA) is 82.2 Å². The van der Waals surface area contributed by atoms with Crippen LogP contribution in [0.15, 0.2) is 29.3 Å².